The summed E-state index contributed by atoms with van der Waals surface area (Å²) in [6, 6.07) is 26.7. The number of carbonyl (C=O) groups is 2. The number of anilines is 1. The maximum Gasteiger partial charge on any atom is 0.264 e. The minimum atomic E-state index is -4.20. The number of nitrogens with zero attached hydrogens (tertiary/aromatic N) is 2. The summed E-state index contributed by atoms with van der Waals surface area (Å²) in [4.78, 5) is 30.0. The average Bonchev–Trinajstić information content (AvgIpc) is 3.03. The van der Waals surface area contributed by atoms with E-state index in [-0.39, 0.29) is 29.7 Å². The highest BCUT2D eigenvalue weighted by Gasteiger charge is 2.35. The number of hydrogen-bond donors (Lipinski definition) is 1. The summed E-state index contributed by atoms with van der Waals surface area (Å²) in [6.45, 7) is 7.39. The molecule has 0 aliphatic rings. The molecule has 1 atom stereocenters. The molecule has 1 N–H and O–H groups in total. The molecule has 0 bridgehead atoms. The Labute approximate surface area is 282 Å². The summed E-state index contributed by atoms with van der Waals surface area (Å²) in [5.41, 5.74) is 3.24. The van der Waals surface area contributed by atoms with Crippen molar-refractivity contribution in [3.8, 4) is 0 Å². The van der Waals surface area contributed by atoms with Crippen LogP contribution in [-0.2, 0) is 32.6 Å². The first-order chi connectivity index (χ1) is 21.9. The van der Waals surface area contributed by atoms with Crippen LogP contribution in [0.1, 0.15) is 36.1 Å². The Morgan fingerprint density at radius 3 is 2.00 bits per heavy atom. The van der Waals surface area contributed by atoms with Crippen LogP contribution in [0.3, 0.4) is 0 Å². The Kier molecular flexibility index (Phi) is 11.9. The molecule has 10 heteroatoms. The molecule has 0 unspecified atom stereocenters. The highest BCUT2D eigenvalue weighted by atomic mass is 35.5. The molecule has 0 heterocycles. The van der Waals surface area contributed by atoms with Gasteiger partial charge in [0.25, 0.3) is 10.0 Å². The van der Waals surface area contributed by atoms with Crippen LogP contribution in [0.2, 0.25) is 10.0 Å². The zero-order valence-corrected chi connectivity index (χ0v) is 28.7. The fraction of sp³-hybridized carbons (Fsp3) is 0.278. The molecule has 4 rings (SSSR count). The van der Waals surface area contributed by atoms with Crippen molar-refractivity contribution in [2.75, 3.05) is 17.4 Å². The third-order valence-electron chi connectivity index (χ3n) is 7.80. The number of nitrogens with one attached hydrogen (secondary N) is 1. The molecular weight excluding hydrogens is 641 g/mol. The van der Waals surface area contributed by atoms with Gasteiger partial charge in [0.05, 0.1) is 10.6 Å². The Balaban J connectivity index is 1.86. The molecule has 0 aromatic heterocycles. The molecule has 0 spiro atoms. The fourth-order valence-corrected chi connectivity index (χ4v) is 7.08. The molecule has 46 heavy (non-hydrogen) atoms. The normalized spacial score (nSPS) is 12.1. The molecule has 242 valence electrons. The van der Waals surface area contributed by atoms with E-state index in [4.69, 9.17) is 23.2 Å². The molecule has 0 fully saturated rings. The van der Waals surface area contributed by atoms with E-state index < -0.39 is 28.5 Å². The second kappa shape index (κ2) is 15.6. The smallest absolute Gasteiger partial charge is 0.264 e. The van der Waals surface area contributed by atoms with Gasteiger partial charge in [0.1, 0.15) is 12.6 Å². The summed E-state index contributed by atoms with van der Waals surface area (Å²) in [5.74, 6) is -0.783. The minimum absolute atomic E-state index is 0.0416. The number of hydrogen-bond acceptors (Lipinski definition) is 4. The van der Waals surface area contributed by atoms with Crippen LogP contribution in [0.25, 0.3) is 0 Å². The first-order valence-corrected chi connectivity index (χ1v) is 17.3. The lowest BCUT2D eigenvalue weighted by Crippen LogP contribution is -2.54. The first-order valence-electron chi connectivity index (χ1n) is 15.1. The standard InChI is InChI=1S/C36H39Cl2N3O4S/c1-25(2)22-39-36(43)34(21-28-14-7-5-8-15-28)40(23-30-31(37)18-12-19-32(30)38)35(42)24-41(33-20-11-13-26(3)27(33)4)46(44,45)29-16-9-6-10-17-29/h5-20,25,34H,21-24H2,1-4H3,(H,39,43)/t34-/m0/s1. The number of halogens is 2. The van der Waals surface area contributed by atoms with Crippen molar-refractivity contribution < 1.29 is 18.0 Å². The summed E-state index contributed by atoms with van der Waals surface area (Å²) < 4.78 is 29.6. The van der Waals surface area contributed by atoms with Crippen LogP contribution in [0.4, 0.5) is 5.69 Å². The van der Waals surface area contributed by atoms with Crippen molar-refractivity contribution in [3.05, 3.63) is 129 Å². The number of sulfonamides is 1. The Hall–Kier alpha value is -3.85. The van der Waals surface area contributed by atoms with Crippen LogP contribution < -0.4 is 9.62 Å². The number of amides is 2. The van der Waals surface area contributed by atoms with Crippen LogP contribution in [0.15, 0.2) is 102 Å². The SMILES string of the molecule is Cc1cccc(N(CC(=O)N(Cc2c(Cl)cccc2Cl)[C@@H](Cc2ccccc2)C(=O)NCC(C)C)S(=O)(=O)c2ccccc2)c1C. The summed E-state index contributed by atoms with van der Waals surface area (Å²) >= 11 is 13.2. The van der Waals surface area contributed by atoms with Gasteiger partial charge in [-0.2, -0.15) is 0 Å². The number of benzene rings is 4. The van der Waals surface area contributed by atoms with Gasteiger partial charge >= 0.3 is 0 Å². The van der Waals surface area contributed by atoms with Gasteiger partial charge in [0, 0.05) is 35.1 Å². The zero-order valence-electron chi connectivity index (χ0n) is 26.4. The average molecular weight is 681 g/mol. The van der Waals surface area contributed by atoms with E-state index in [0.29, 0.717) is 33.4 Å². The van der Waals surface area contributed by atoms with Gasteiger partial charge in [-0.15, -0.1) is 0 Å². The molecule has 4 aromatic rings. The van der Waals surface area contributed by atoms with Gasteiger partial charge in [-0.05, 0) is 66.8 Å². The maximum absolute atomic E-state index is 14.7. The van der Waals surface area contributed by atoms with Crippen molar-refractivity contribution in [2.45, 2.75) is 51.6 Å². The molecule has 0 radical (unpaired) electrons. The van der Waals surface area contributed by atoms with Gasteiger partial charge in [-0.25, -0.2) is 8.42 Å². The topological polar surface area (TPSA) is 86.8 Å². The lowest BCUT2D eigenvalue weighted by Gasteiger charge is -2.34. The Morgan fingerprint density at radius 1 is 0.804 bits per heavy atom. The van der Waals surface area contributed by atoms with Crippen LogP contribution >= 0.6 is 23.2 Å². The van der Waals surface area contributed by atoms with Gasteiger partial charge in [0.2, 0.25) is 11.8 Å². The van der Waals surface area contributed by atoms with Crippen LogP contribution in [0, 0.1) is 19.8 Å². The highest BCUT2D eigenvalue weighted by molar-refractivity contribution is 7.92. The predicted octanol–water partition coefficient (Wildman–Crippen LogP) is 7.22. The molecule has 0 aliphatic heterocycles. The largest absolute Gasteiger partial charge is 0.354 e. The number of rotatable bonds is 13. The second-order valence-electron chi connectivity index (χ2n) is 11.6. The monoisotopic (exact) mass is 679 g/mol. The molecule has 7 nitrogen and oxygen atoms in total. The fourth-order valence-electron chi connectivity index (χ4n) is 5.07. The van der Waals surface area contributed by atoms with Gasteiger partial charge in [-0.3, -0.25) is 13.9 Å². The Morgan fingerprint density at radius 2 is 1.39 bits per heavy atom. The van der Waals surface area contributed by atoms with Crippen molar-refractivity contribution >= 4 is 50.7 Å². The molecule has 0 saturated heterocycles. The van der Waals surface area contributed by atoms with Gasteiger partial charge < -0.3 is 10.2 Å². The number of aryl methyl sites for hydroxylation is 1. The van der Waals surface area contributed by atoms with E-state index in [1.165, 1.54) is 17.0 Å². The molecule has 0 aliphatic carbocycles. The van der Waals surface area contributed by atoms with E-state index in [1.54, 1.807) is 48.5 Å². The van der Waals surface area contributed by atoms with Crippen LogP contribution in [0.5, 0.6) is 0 Å². The van der Waals surface area contributed by atoms with Crippen molar-refractivity contribution in [2.24, 2.45) is 5.92 Å². The summed E-state index contributed by atoms with van der Waals surface area (Å²) in [5, 5.41) is 3.64. The predicted molar refractivity (Wildman–Crippen MR) is 186 cm³/mol. The lowest BCUT2D eigenvalue weighted by atomic mass is 10.0. The van der Waals surface area contributed by atoms with E-state index >= 15 is 0 Å². The maximum atomic E-state index is 14.7. The van der Waals surface area contributed by atoms with Gasteiger partial charge in [-0.1, -0.05) is 104 Å². The molecule has 2 amide bonds. The molecular formula is C36H39Cl2N3O4S. The molecule has 0 saturated carbocycles. The van der Waals surface area contributed by atoms with Crippen molar-refractivity contribution in [1.82, 2.24) is 10.2 Å². The van der Waals surface area contributed by atoms with E-state index in [0.717, 1.165) is 15.4 Å². The Bertz CT molecular complexity index is 1750. The van der Waals surface area contributed by atoms with E-state index in [2.05, 4.69) is 5.32 Å². The lowest BCUT2D eigenvalue weighted by molar-refractivity contribution is -0.140. The van der Waals surface area contributed by atoms with Gasteiger partial charge in [0.15, 0.2) is 0 Å². The highest BCUT2D eigenvalue weighted by Crippen LogP contribution is 2.31. The third-order valence-corrected chi connectivity index (χ3v) is 10.3. The van der Waals surface area contributed by atoms with E-state index in [9.17, 15) is 18.0 Å². The number of carbonyl (C=O) groups excluding carboxylic acids is 2. The quantitative estimate of drug-likeness (QED) is 0.162. The first kappa shape index (κ1) is 35.0. The van der Waals surface area contributed by atoms with E-state index in [1.807, 2.05) is 64.1 Å². The summed E-state index contributed by atoms with van der Waals surface area (Å²) in [7, 11) is -4.20. The van der Waals surface area contributed by atoms with Crippen molar-refractivity contribution in [3.63, 3.8) is 0 Å². The summed E-state index contributed by atoms with van der Waals surface area (Å²) in [6.07, 6.45) is 0.188. The van der Waals surface area contributed by atoms with Crippen molar-refractivity contribution in [1.29, 1.82) is 0 Å². The molecule has 4 aromatic carbocycles. The third kappa shape index (κ3) is 8.49. The second-order valence-corrected chi connectivity index (χ2v) is 14.3. The zero-order chi connectivity index (χ0) is 33.4. The minimum Gasteiger partial charge on any atom is -0.354 e. The van der Waals surface area contributed by atoms with Crippen LogP contribution in [-0.4, -0.2) is 44.3 Å².